The molecule has 1 aliphatic heterocycles. The Hall–Kier alpha value is -3.52. The number of rotatable bonds is 10. The minimum atomic E-state index is -0.841. The van der Waals surface area contributed by atoms with E-state index < -0.39 is 17.7 Å². The Morgan fingerprint density at radius 2 is 1.56 bits per heavy atom. The molecule has 0 aromatic heterocycles. The van der Waals surface area contributed by atoms with Crippen molar-refractivity contribution in [2.24, 2.45) is 0 Å². The van der Waals surface area contributed by atoms with Crippen molar-refractivity contribution >= 4 is 17.4 Å². The first-order valence-corrected chi connectivity index (χ1v) is 13.3. The number of Topliss-reactive ketones (excluding diaryl/α,β-unsaturated/α-hetero) is 1. The Kier molecular flexibility index (Phi) is 9.33. The molecule has 2 aromatic rings. The molecule has 1 amide bonds. The number of nitrogens with zero attached hydrogens (tertiary/aromatic N) is 2. The second kappa shape index (κ2) is 12.1. The van der Waals surface area contributed by atoms with E-state index in [9.17, 15) is 14.7 Å². The molecule has 1 saturated heterocycles. The van der Waals surface area contributed by atoms with E-state index in [1.807, 2.05) is 25.1 Å². The van der Waals surface area contributed by atoms with Crippen LogP contribution < -0.4 is 14.2 Å². The van der Waals surface area contributed by atoms with Gasteiger partial charge >= 0.3 is 0 Å². The molecule has 3 rings (SSSR count). The number of likely N-dealkylation sites (N-methyl/N-ethyl adjacent to an activating group) is 1. The minimum Gasteiger partial charge on any atom is -0.507 e. The molecule has 0 aliphatic carbocycles. The number of aliphatic hydroxyl groups excluding tert-OH is 1. The van der Waals surface area contributed by atoms with Crippen molar-refractivity contribution < 1.29 is 28.9 Å². The standard InChI is InChI=1S/C31H42N2O6/c1-10-32(11-2)14-15-33-26(20-16-23(37-7)29(39-9)24(17-20)38-8)25(28(35)30(33)36)27(34)22-18-21(31(4,5)6)13-12-19(22)3/h12-13,16-18,26,34H,10-11,14-15H2,1-9H3/b27-25+. The summed E-state index contributed by atoms with van der Waals surface area (Å²) in [5, 5.41) is 11.7. The van der Waals surface area contributed by atoms with Crippen molar-refractivity contribution in [3.63, 3.8) is 0 Å². The molecule has 0 bridgehead atoms. The summed E-state index contributed by atoms with van der Waals surface area (Å²) in [6.07, 6.45) is 0. The molecule has 1 N–H and O–H groups in total. The number of benzene rings is 2. The lowest BCUT2D eigenvalue weighted by Crippen LogP contribution is -2.38. The van der Waals surface area contributed by atoms with Gasteiger partial charge in [-0.25, -0.2) is 0 Å². The van der Waals surface area contributed by atoms with Crippen molar-refractivity contribution in [1.82, 2.24) is 9.80 Å². The summed E-state index contributed by atoms with van der Waals surface area (Å²) in [5.74, 6) is -0.365. The summed E-state index contributed by atoms with van der Waals surface area (Å²) in [6.45, 7) is 14.8. The van der Waals surface area contributed by atoms with Gasteiger partial charge in [0.1, 0.15) is 5.76 Å². The van der Waals surface area contributed by atoms with E-state index >= 15 is 0 Å². The molecule has 0 saturated carbocycles. The fraction of sp³-hybridized carbons (Fsp3) is 0.484. The first kappa shape index (κ1) is 30.0. The Balaban J connectivity index is 2.30. The van der Waals surface area contributed by atoms with Crippen molar-refractivity contribution in [3.05, 3.63) is 58.2 Å². The molecule has 1 aliphatic rings. The summed E-state index contributed by atoms with van der Waals surface area (Å²) in [5.41, 5.74) is 2.79. The third-order valence-corrected chi connectivity index (χ3v) is 7.45. The number of carbonyl (C=O) groups is 2. The molecular formula is C31H42N2O6. The van der Waals surface area contributed by atoms with Crippen LogP contribution in [0, 0.1) is 6.92 Å². The molecule has 1 atom stereocenters. The monoisotopic (exact) mass is 538 g/mol. The normalized spacial score (nSPS) is 17.2. The number of ether oxygens (including phenoxy) is 3. The lowest BCUT2D eigenvalue weighted by molar-refractivity contribution is -0.140. The number of ketones is 1. The van der Waals surface area contributed by atoms with Gasteiger partial charge in [0.05, 0.1) is 32.9 Å². The zero-order valence-electron chi connectivity index (χ0n) is 24.7. The largest absolute Gasteiger partial charge is 0.507 e. The maximum absolute atomic E-state index is 13.6. The fourth-order valence-electron chi connectivity index (χ4n) is 4.99. The molecule has 1 heterocycles. The van der Waals surface area contributed by atoms with E-state index in [1.54, 1.807) is 12.1 Å². The topological polar surface area (TPSA) is 88.5 Å². The third kappa shape index (κ3) is 5.91. The quantitative estimate of drug-likeness (QED) is 0.256. The van der Waals surface area contributed by atoms with Crippen LogP contribution in [-0.4, -0.2) is 74.1 Å². The van der Waals surface area contributed by atoms with Crippen LogP contribution >= 0.6 is 0 Å². The van der Waals surface area contributed by atoms with Crippen LogP contribution in [0.4, 0.5) is 0 Å². The van der Waals surface area contributed by atoms with Crippen molar-refractivity contribution in [2.45, 2.75) is 53.0 Å². The van der Waals surface area contributed by atoms with Gasteiger partial charge in [-0.05, 0) is 60.3 Å². The highest BCUT2D eigenvalue weighted by molar-refractivity contribution is 6.46. The summed E-state index contributed by atoms with van der Waals surface area (Å²) >= 11 is 0. The molecule has 39 heavy (non-hydrogen) atoms. The van der Waals surface area contributed by atoms with E-state index in [0.717, 1.165) is 24.2 Å². The summed E-state index contributed by atoms with van der Waals surface area (Å²) in [4.78, 5) is 30.8. The second-order valence-corrected chi connectivity index (χ2v) is 10.8. The van der Waals surface area contributed by atoms with E-state index in [2.05, 4.69) is 39.5 Å². The lowest BCUT2D eigenvalue weighted by atomic mass is 9.84. The average Bonchev–Trinajstić information content (AvgIpc) is 3.16. The Morgan fingerprint density at radius 1 is 0.974 bits per heavy atom. The van der Waals surface area contributed by atoms with E-state index in [4.69, 9.17) is 14.2 Å². The van der Waals surface area contributed by atoms with Gasteiger partial charge in [0.15, 0.2) is 11.5 Å². The first-order valence-electron chi connectivity index (χ1n) is 13.3. The molecule has 0 spiro atoms. The maximum Gasteiger partial charge on any atom is 0.295 e. The van der Waals surface area contributed by atoms with Gasteiger partial charge in [0.2, 0.25) is 5.75 Å². The van der Waals surface area contributed by atoms with Crippen LogP contribution in [0.15, 0.2) is 35.9 Å². The summed E-state index contributed by atoms with van der Waals surface area (Å²) in [7, 11) is 4.54. The second-order valence-electron chi connectivity index (χ2n) is 10.8. The van der Waals surface area contributed by atoms with Gasteiger partial charge < -0.3 is 29.1 Å². The molecule has 1 unspecified atom stereocenters. The Labute approximate surface area is 232 Å². The van der Waals surface area contributed by atoms with Crippen LogP contribution in [0.1, 0.15) is 62.9 Å². The van der Waals surface area contributed by atoms with Crippen molar-refractivity contribution in [1.29, 1.82) is 0 Å². The molecule has 8 heteroatoms. The van der Waals surface area contributed by atoms with Crippen LogP contribution in [0.25, 0.3) is 5.76 Å². The number of hydrogen-bond donors (Lipinski definition) is 1. The van der Waals surface area contributed by atoms with Crippen molar-refractivity contribution in [3.8, 4) is 17.2 Å². The average molecular weight is 539 g/mol. The molecule has 1 fully saturated rings. The van der Waals surface area contributed by atoms with Gasteiger partial charge in [-0.15, -0.1) is 0 Å². The SMILES string of the molecule is CCN(CC)CCN1C(=O)C(=O)/C(=C(/O)c2cc(C(C)(C)C)ccc2C)C1c1cc(OC)c(OC)c(OC)c1. The highest BCUT2D eigenvalue weighted by Crippen LogP contribution is 2.46. The Bertz CT molecular complexity index is 1230. The zero-order chi connectivity index (χ0) is 29.1. The predicted molar refractivity (Wildman–Crippen MR) is 153 cm³/mol. The molecule has 0 radical (unpaired) electrons. The molecule has 2 aromatic carbocycles. The van der Waals surface area contributed by atoms with Crippen LogP contribution in [0.5, 0.6) is 17.2 Å². The summed E-state index contributed by atoms with van der Waals surface area (Å²) in [6, 6.07) is 8.47. The smallest absolute Gasteiger partial charge is 0.295 e. The first-order chi connectivity index (χ1) is 18.4. The lowest BCUT2D eigenvalue weighted by Gasteiger charge is -2.29. The minimum absolute atomic E-state index is 0.0444. The van der Waals surface area contributed by atoms with E-state index in [1.165, 1.54) is 26.2 Å². The van der Waals surface area contributed by atoms with Crippen LogP contribution in [0.3, 0.4) is 0 Å². The third-order valence-electron chi connectivity index (χ3n) is 7.45. The molecular weight excluding hydrogens is 496 g/mol. The van der Waals surface area contributed by atoms with Crippen LogP contribution in [0.2, 0.25) is 0 Å². The number of hydrogen-bond acceptors (Lipinski definition) is 7. The number of likely N-dealkylation sites (tertiary alicyclic amines) is 1. The van der Waals surface area contributed by atoms with Crippen LogP contribution in [-0.2, 0) is 15.0 Å². The highest BCUT2D eigenvalue weighted by atomic mass is 16.5. The number of aliphatic hydroxyl groups is 1. The van der Waals surface area contributed by atoms with Gasteiger partial charge in [0.25, 0.3) is 11.7 Å². The molecule has 212 valence electrons. The number of amides is 1. The zero-order valence-corrected chi connectivity index (χ0v) is 24.7. The predicted octanol–water partition coefficient (Wildman–Crippen LogP) is 5.08. The Morgan fingerprint density at radius 3 is 2.05 bits per heavy atom. The number of carbonyl (C=O) groups excluding carboxylic acids is 2. The fourth-order valence-corrected chi connectivity index (χ4v) is 4.99. The number of methoxy groups -OCH3 is 3. The van der Waals surface area contributed by atoms with Gasteiger partial charge in [-0.2, -0.15) is 0 Å². The maximum atomic E-state index is 13.6. The highest BCUT2D eigenvalue weighted by Gasteiger charge is 2.46. The van der Waals surface area contributed by atoms with E-state index in [0.29, 0.717) is 41.5 Å². The van der Waals surface area contributed by atoms with Gasteiger partial charge in [-0.3, -0.25) is 9.59 Å². The van der Waals surface area contributed by atoms with E-state index in [-0.39, 0.29) is 16.7 Å². The van der Waals surface area contributed by atoms with Gasteiger partial charge in [-0.1, -0.05) is 46.8 Å². The van der Waals surface area contributed by atoms with Gasteiger partial charge in [0, 0.05) is 18.7 Å². The molecule has 8 nitrogen and oxygen atoms in total. The summed E-state index contributed by atoms with van der Waals surface area (Å²) < 4.78 is 16.6. The number of aryl methyl sites for hydroxylation is 1. The van der Waals surface area contributed by atoms with Crippen molar-refractivity contribution in [2.75, 3.05) is 47.5 Å².